The molecule has 2 fully saturated rings. The second-order valence-electron chi connectivity index (χ2n) is 4.75. The van der Waals surface area contributed by atoms with Gasteiger partial charge in [-0.25, -0.2) is 0 Å². The lowest BCUT2D eigenvalue weighted by molar-refractivity contribution is -0.138. The number of likely N-dealkylation sites (tertiary alicyclic amines) is 1. The molecular formula is C11H18N2O3. The minimum atomic E-state index is -0.771. The fourth-order valence-electron chi connectivity index (χ4n) is 2.90. The van der Waals surface area contributed by atoms with Crippen LogP contribution >= 0.6 is 0 Å². The molecule has 0 aliphatic carbocycles. The summed E-state index contributed by atoms with van der Waals surface area (Å²) in [7, 11) is 0. The molecule has 0 bridgehead atoms. The van der Waals surface area contributed by atoms with Gasteiger partial charge >= 0.3 is 5.97 Å². The van der Waals surface area contributed by atoms with Crippen LogP contribution in [0.15, 0.2) is 0 Å². The van der Waals surface area contributed by atoms with Crippen molar-refractivity contribution in [2.45, 2.75) is 38.3 Å². The lowest BCUT2D eigenvalue weighted by atomic mass is 9.90. The van der Waals surface area contributed by atoms with E-state index in [1.54, 1.807) is 0 Å². The number of piperidine rings is 1. The summed E-state index contributed by atoms with van der Waals surface area (Å²) in [6, 6.07) is 0.216. The number of carboxylic acids is 1. The summed E-state index contributed by atoms with van der Waals surface area (Å²) in [6.45, 7) is 3.51. The first-order valence-electron chi connectivity index (χ1n) is 5.85. The Balaban J connectivity index is 2.04. The number of amides is 1. The number of fused-ring (bicyclic) bond motifs is 1. The maximum atomic E-state index is 11.5. The molecule has 0 radical (unpaired) electrons. The molecule has 2 aliphatic heterocycles. The third-order valence-electron chi connectivity index (χ3n) is 3.68. The van der Waals surface area contributed by atoms with Crippen molar-refractivity contribution in [3.63, 3.8) is 0 Å². The van der Waals surface area contributed by atoms with Crippen LogP contribution in [-0.2, 0) is 9.59 Å². The molecule has 0 spiro atoms. The number of aliphatic carboxylic acids is 1. The van der Waals surface area contributed by atoms with E-state index in [1.165, 1.54) is 0 Å². The molecule has 2 saturated heterocycles. The van der Waals surface area contributed by atoms with Crippen LogP contribution in [0.3, 0.4) is 0 Å². The van der Waals surface area contributed by atoms with Crippen LogP contribution in [0.2, 0.25) is 0 Å². The van der Waals surface area contributed by atoms with E-state index in [-0.39, 0.29) is 30.3 Å². The van der Waals surface area contributed by atoms with E-state index >= 15 is 0 Å². The molecule has 2 aliphatic rings. The molecule has 2 N–H and O–H groups in total. The predicted molar refractivity (Wildman–Crippen MR) is 57.9 cm³/mol. The summed E-state index contributed by atoms with van der Waals surface area (Å²) in [6.07, 6.45) is 2.07. The Morgan fingerprint density at radius 1 is 1.69 bits per heavy atom. The fourth-order valence-corrected chi connectivity index (χ4v) is 2.90. The van der Waals surface area contributed by atoms with Gasteiger partial charge in [0.2, 0.25) is 5.91 Å². The summed E-state index contributed by atoms with van der Waals surface area (Å²) in [5.41, 5.74) is 0. The van der Waals surface area contributed by atoms with Crippen molar-refractivity contribution in [2.75, 3.05) is 13.1 Å². The smallest absolute Gasteiger partial charge is 0.304 e. The van der Waals surface area contributed by atoms with Crippen LogP contribution in [0, 0.1) is 5.92 Å². The van der Waals surface area contributed by atoms with Gasteiger partial charge in [-0.05, 0) is 26.3 Å². The molecule has 90 valence electrons. The van der Waals surface area contributed by atoms with E-state index in [9.17, 15) is 9.59 Å². The van der Waals surface area contributed by atoms with Crippen molar-refractivity contribution in [2.24, 2.45) is 5.92 Å². The van der Waals surface area contributed by atoms with Gasteiger partial charge in [0.15, 0.2) is 0 Å². The van der Waals surface area contributed by atoms with Gasteiger partial charge in [0, 0.05) is 18.6 Å². The maximum Gasteiger partial charge on any atom is 0.304 e. The zero-order valence-electron chi connectivity index (χ0n) is 9.48. The Kier molecular flexibility index (Phi) is 3.14. The summed E-state index contributed by atoms with van der Waals surface area (Å²) in [5.74, 6) is -0.561. The van der Waals surface area contributed by atoms with Gasteiger partial charge in [-0.2, -0.15) is 0 Å². The zero-order chi connectivity index (χ0) is 11.7. The van der Waals surface area contributed by atoms with Gasteiger partial charge in [-0.3, -0.25) is 14.5 Å². The lowest BCUT2D eigenvalue weighted by Gasteiger charge is -2.39. The number of hydrogen-bond acceptors (Lipinski definition) is 3. The predicted octanol–water partition coefficient (Wildman–Crippen LogP) is 0.0600. The quantitative estimate of drug-likeness (QED) is 0.714. The molecule has 3 atom stereocenters. The number of nitrogens with zero attached hydrogens (tertiary/aromatic N) is 1. The van der Waals surface area contributed by atoms with E-state index < -0.39 is 5.97 Å². The largest absolute Gasteiger partial charge is 0.481 e. The number of hydrogen-bond donors (Lipinski definition) is 2. The van der Waals surface area contributed by atoms with Gasteiger partial charge in [0.1, 0.15) is 0 Å². The van der Waals surface area contributed by atoms with Gasteiger partial charge in [0.05, 0.1) is 12.3 Å². The number of nitrogens with one attached hydrogen (secondary N) is 1. The van der Waals surface area contributed by atoms with Crippen molar-refractivity contribution in [3.05, 3.63) is 0 Å². The van der Waals surface area contributed by atoms with Gasteiger partial charge in [-0.1, -0.05) is 0 Å². The number of carbonyl (C=O) groups excluding carboxylic acids is 1. The molecule has 3 unspecified atom stereocenters. The molecular weight excluding hydrogens is 208 g/mol. The topological polar surface area (TPSA) is 69.6 Å². The first-order valence-corrected chi connectivity index (χ1v) is 5.85. The second kappa shape index (κ2) is 4.41. The first-order chi connectivity index (χ1) is 7.59. The Bertz CT molecular complexity index is 306. The molecule has 16 heavy (non-hydrogen) atoms. The van der Waals surface area contributed by atoms with Gasteiger partial charge < -0.3 is 10.4 Å². The number of carboxylic acid groups (broad SMARTS) is 1. The Morgan fingerprint density at radius 2 is 2.44 bits per heavy atom. The van der Waals surface area contributed by atoms with E-state index in [1.807, 2.05) is 6.92 Å². The third-order valence-corrected chi connectivity index (χ3v) is 3.68. The zero-order valence-corrected chi connectivity index (χ0v) is 9.48. The van der Waals surface area contributed by atoms with Crippen LogP contribution in [0.5, 0.6) is 0 Å². The van der Waals surface area contributed by atoms with Crippen molar-refractivity contribution in [1.82, 2.24) is 10.2 Å². The molecule has 0 aromatic rings. The van der Waals surface area contributed by atoms with Gasteiger partial charge in [-0.15, -0.1) is 0 Å². The average molecular weight is 226 g/mol. The van der Waals surface area contributed by atoms with E-state index in [0.29, 0.717) is 6.54 Å². The molecule has 0 aromatic carbocycles. The van der Waals surface area contributed by atoms with Crippen LogP contribution in [0.4, 0.5) is 0 Å². The molecule has 1 amide bonds. The summed E-state index contributed by atoms with van der Waals surface area (Å²) >= 11 is 0. The summed E-state index contributed by atoms with van der Waals surface area (Å²) in [4.78, 5) is 24.4. The third kappa shape index (κ3) is 2.04. The van der Waals surface area contributed by atoms with E-state index in [4.69, 9.17) is 5.11 Å². The normalized spacial score (nSPS) is 31.9. The highest BCUT2D eigenvalue weighted by molar-refractivity contribution is 5.82. The first kappa shape index (κ1) is 11.4. The summed E-state index contributed by atoms with van der Waals surface area (Å²) < 4.78 is 0. The van der Waals surface area contributed by atoms with Crippen molar-refractivity contribution in [1.29, 1.82) is 0 Å². The Labute approximate surface area is 94.8 Å². The van der Waals surface area contributed by atoms with Crippen molar-refractivity contribution < 1.29 is 14.7 Å². The SMILES string of the molecule is CC(CC(=O)O)N1CCCC2C(=O)NCC21. The number of rotatable bonds is 3. The van der Waals surface area contributed by atoms with Gasteiger partial charge in [0.25, 0.3) is 0 Å². The lowest BCUT2D eigenvalue weighted by Crippen LogP contribution is -2.50. The second-order valence-corrected chi connectivity index (χ2v) is 4.75. The van der Waals surface area contributed by atoms with E-state index in [0.717, 1.165) is 19.4 Å². The molecule has 5 heteroatoms. The fraction of sp³-hybridized carbons (Fsp3) is 0.818. The monoisotopic (exact) mass is 226 g/mol. The van der Waals surface area contributed by atoms with Crippen LogP contribution in [0.1, 0.15) is 26.2 Å². The van der Waals surface area contributed by atoms with Crippen molar-refractivity contribution >= 4 is 11.9 Å². The molecule has 2 heterocycles. The van der Waals surface area contributed by atoms with Crippen LogP contribution < -0.4 is 5.32 Å². The maximum absolute atomic E-state index is 11.5. The standard InChI is InChI=1S/C11H18N2O3/c1-7(5-10(14)15)13-4-2-3-8-9(13)6-12-11(8)16/h7-9H,2-6H2,1H3,(H,12,16)(H,14,15). The minimum absolute atomic E-state index is 0.0120. The molecule has 2 rings (SSSR count). The molecule has 5 nitrogen and oxygen atoms in total. The minimum Gasteiger partial charge on any atom is -0.481 e. The Morgan fingerprint density at radius 3 is 3.12 bits per heavy atom. The number of carbonyl (C=O) groups is 2. The Hall–Kier alpha value is -1.10. The summed E-state index contributed by atoms with van der Waals surface area (Å²) in [5, 5.41) is 11.7. The van der Waals surface area contributed by atoms with E-state index in [2.05, 4.69) is 10.2 Å². The van der Waals surface area contributed by atoms with Crippen LogP contribution in [0.25, 0.3) is 0 Å². The molecule has 0 aromatic heterocycles. The van der Waals surface area contributed by atoms with Crippen molar-refractivity contribution in [3.8, 4) is 0 Å². The molecule has 0 saturated carbocycles. The van der Waals surface area contributed by atoms with Crippen LogP contribution in [-0.4, -0.2) is 47.1 Å². The highest BCUT2D eigenvalue weighted by Gasteiger charge is 2.42. The average Bonchev–Trinajstić information content (AvgIpc) is 2.59. The highest BCUT2D eigenvalue weighted by atomic mass is 16.4. The highest BCUT2D eigenvalue weighted by Crippen LogP contribution is 2.29.